The third kappa shape index (κ3) is 5.04. The van der Waals surface area contributed by atoms with E-state index in [2.05, 4.69) is 5.32 Å². The van der Waals surface area contributed by atoms with E-state index in [0.29, 0.717) is 5.69 Å². The summed E-state index contributed by atoms with van der Waals surface area (Å²) in [5, 5.41) is 15.6. The van der Waals surface area contributed by atoms with Gasteiger partial charge in [0.25, 0.3) is 0 Å². The molecule has 0 saturated carbocycles. The van der Waals surface area contributed by atoms with Crippen LogP contribution < -0.4 is 10.2 Å². The highest BCUT2D eigenvalue weighted by molar-refractivity contribution is 7.08. The van der Waals surface area contributed by atoms with Crippen molar-refractivity contribution in [2.24, 2.45) is 0 Å². The fourth-order valence-electron chi connectivity index (χ4n) is 2.04. The number of amides is 1. The Morgan fingerprint density at radius 3 is 2.43 bits per heavy atom. The normalized spacial score (nSPS) is 14.6. The molecule has 0 spiro atoms. The average Bonchev–Trinajstić information content (AvgIpc) is 3.01. The molecule has 1 rings (SSSR count). The molecular weight excluding hydrogens is 320 g/mol. The molecular formula is C15H22N2O5S. The molecule has 1 aromatic rings. The Morgan fingerprint density at radius 1 is 1.30 bits per heavy atom. The van der Waals surface area contributed by atoms with Crippen molar-refractivity contribution in [3.8, 4) is 0 Å². The summed E-state index contributed by atoms with van der Waals surface area (Å²) < 4.78 is 4.88. The largest absolute Gasteiger partial charge is 0.480 e. The maximum atomic E-state index is 12.7. The quantitative estimate of drug-likeness (QED) is 0.695. The summed E-state index contributed by atoms with van der Waals surface area (Å²) in [6.45, 7) is 6.58. The number of carboxylic acid groups (broad SMARTS) is 1. The molecule has 7 nitrogen and oxygen atoms in total. The number of thiophene rings is 1. The SMILES string of the molecule is CCOC(=O)C(C)N[C@@H](C)C(=O)N(c1ccsc1)[C@@H](C)C(=O)O. The molecule has 0 aliphatic rings. The number of nitrogens with zero attached hydrogens (tertiary/aromatic N) is 1. The highest BCUT2D eigenvalue weighted by atomic mass is 32.1. The van der Waals surface area contributed by atoms with Gasteiger partial charge in [0.05, 0.1) is 18.3 Å². The van der Waals surface area contributed by atoms with E-state index >= 15 is 0 Å². The number of hydrogen-bond acceptors (Lipinski definition) is 6. The van der Waals surface area contributed by atoms with Crippen LogP contribution in [-0.4, -0.2) is 47.7 Å². The molecule has 0 aliphatic carbocycles. The monoisotopic (exact) mass is 342 g/mol. The first-order valence-corrected chi connectivity index (χ1v) is 8.24. The van der Waals surface area contributed by atoms with E-state index in [1.54, 1.807) is 37.6 Å². The standard InChI is InChI=1S/C15H22N2O5S/c1-5-22-15(21)10(3)16-9(2)13(18)17(11(4)14(19)20)12-6-7-23-8-12/h6-11,16H,5H2,1-4H3,(H,19,20)/t9-,10?,11-/m0/s1. The zero-order valence-corrected chi connectivity index (χ0v) is 14.4. The number of carbonyl (C=O) groups excluding carboxylic acids is 2. The summed E-state index contributed by atoms with van der Waals surface area (Å²) >= 11 is 1.37. The summed E-state index contributed by atoms with van der Waals surface area (Å²) in [7, 11) is 0. The second kappa shape index (κ2) is 8.64. The summed E-state index contributed by atoms with van der Waals surface area (Å²) in [4.78, 5) is 36.8. The molecule has 0 aromatic carbocycles. The lowest BCUT2D eigenvalue weighted by Gasteiger charge is -2.29. The second-order valence-electron chi connectivity index (χ2n) is 5.07. The lowest BCUT2D eigenvalue weighted by atomic mass is 10.2. The number of nitrogens with one attached hydrogen (secondary N) is 1. The molecule has 8 heteroatoms. The van der Waals surface area contributed by atoms with Crippen molar-refractivity contribution < 1.29 is 24.2 Å². The van der Waals surface area contributed by atoms with E-state index in [0.717, 1.165) is 0 Å². The van der Waals surface area contributed by atoms with Crippen LogP contribution in [0.4, 0.5) is 5.69 Å². The summed E-state index contributed by atoms with van der Waals surface area (Å²) in [6, 6.07) is -0.738. The van der Waals surface area contributed by atoms with Crippen LogP contribution in [0, 0.1) is 0 Å². The maximum absolute atomic E-state index is 12.7. The molecule has 1 aromatic heterocycles. The number of rotatable bonds is 8. The Labute approximate surface area is 139 Å². The van der Waals surface area contributed by atoms with E-state index in [4.69, 9.17) is 4.74 Å². The smallest absolute Gasteiger partial charge is 0.326 e. The predicted molar refractivity (Wildman–Crippen MR) is 87.6 cm³/mol. The van der Waals surface area contributed by atoms with Crippen molar-refractivity contribution in [1.29, 1.82) is 0 Å². The first kappa shape index (κ1) is 19.1. The molecule has 0 aliphatic heterocycles. The van der Waals surface area contributed by atoms with Gasteiger partial charge in [-0.1, -0.05) is 0 Å². The van der Waals surface area contributed by atoms with Crippen LogP contribution in [0.1, 0.15) is 27.7 Å². The van der Waals surface area contributed by atoms with E-state index in [9.17, 15) is 19.5 Å². The second-order valence-corrected chi connectivity index (χ2v) is 5.85. The number of hydrogen-bond donors (Lipinski definition) is 2. The molecule has 0 fully saturated rings. The first-order valence-electron chi connectivity index (χ1n) is 7.30. The minimum atomic E-state index is -1.10. The number of ether oxygens (including phenoxy) is 1. The van der Waals surface area contributed by atoms with Crippen molar-refractivity contribution >= 4 is 34.9 Å². The predicted octanol–water partition coefficient (Wildman–Crippen LogP) is 1.48. The number of anilines is 1. The summed E-state index contributed by atoms with van der Waals surface area (Å²) in [6.07, 6.45) is 0. The minimum absolute atomic E-state index is 0.254. The van der Waals surface area contributed by atoms with Gasteiger partial charge in [-0.2, -0.15) is 11.3 Å². The molecule has 2 N–H and O–H groups in total. The van der Waals surface area contributed by atoms with Gasteiger partial charge in [0.2, 0.25) is 5.91 Å². The molecule has 1 unspecified atom stereocenters. The lowest BCUT2D eigenvalue weighted by Crippen LogP contribution is -2.54. The molecule has 1 amide bonds. The van der Waals surface area contributed by atoms with Crippen molar-refractivity contribution in [1.82, 2.24) is 5.32 Å². The van der Waals surface area contributed by atoms with Gasteiger partial charge in [0.1, 0.15) is 12.1 Å². The minimum Gasteiger partial charge on any atom is -0.480 e. The Kier molecular flexibility index (Phi) is 7.18. The highest BCUT2D eigenvalue weighted by Crippen LogP contribution is 2.22. The van der Waals surface area contributed by atoms with E-state index in [1.807, 2.05) is 0 Å². The third-order valence-corrected chi connectivity index (χ3v) is 3.95. The van der Waals surface area contributed by atoms with Gasteiger partial charge in [-0.05, 0) is 39.1 Å². The summed E-state index contributed by atoms with van der Waals surface area (Å²) in [5.74, 6) is -1.98. The zero-order chi connectivity index (χ0) is 17.6. The van der Waals surface area contributed by atoms with Crippen LogP contribution in [0.25, 0.3) is 0 Å². The van der Waals surface area contributed by atoms with E-state index in [-0.39, 0.29) is 6.61 Å². The number of esters is 1. The zero-order valence-electron chi connectivity index (χ0n) is 13.6. The third-order valence-electron chi connectivity index (χ3n) is 3.28. The van der Waals surface area contributed by atoms with Gasteiger partial charge >= 0.3 is 11.9 Å². The van der Waals surface area contributed by atoms with Crippen molar-refractivity contribution in [2.75, 3.05) is 11.5 Å². The fourth-order valence-corrected chi connectivity index (χ4v) is 2.66. The maximum Gasteiger partial charge on any atom is 0.326 e. The molecule has 0 bridgehead atoms. The van der Waals surface area contributed by atoms with Gasteiger partial charge in [-0.25, -0.2) is 4.79 Å². The molecule has 23 heavy (non-hydrogen) atoms. The average molecular weight is 342 g/mol. The Bertz CT molecular complexity index is 546. The van der Waals surface area contributed by atoms with E-state index in [1.165, 1.54) is 23.2 Å². The molecule has 128 valence electrons. The highest BCUT2D eigenvalue weighted by Gasteiger charge is 2.31. The number of aliphatic carboxylic acids is 1. The van der Waals surface area contributed by atoms with Crippen LogP contribution >= 0.6 is 11.3 Å². The molecule has 0 radical (unpaired) electrons. The van der Waals surface area contributed by atoms with Crippen LogP contribution in [0.15, 0.2) is 16.8 Å². The first-order chi connectivity index (χ1) is 10.8. The lowest BCUT2D eigenvalue weighted by molar-refractivity contribution is -0.145. The van der Waals surface area contributed by atoms with E-state index < -0.39 is 36.0 Å². The Morgan fingerprint density at radius 2 is 1.96 bits per heavy atom. The van der Waals surface area contributed by atoms with Gasteiger partial charge < -0.3 is 9.84 Å². The Hall–Kier alpha value is -1.93. The van der Waals surface area contributed by atoms with Gasteiger partial charge in [-0.3, -0.25) is 19.8 Å². The fraction of sp³-hybridized carbons (Fsp3) is 0.533. The molecule has 0 saturated heterocycles. The van der Waals surface area contributed by atoms with Crippen LogP contribution in [0.5, 0.6) is 0 Å². The molecule has 1 heterocycles. The summed E-state index contributed by atoms with van der Waals surface area (Å²) in [5.41, 5.74) is 0.521. The number of carboxylic acids is 1. The van der Waals surface area contributed by atoms with Gasteiger partial charge in [-0.15, -0.1) is 0 Å². The van der Waals surface area contributed by atoms with Crippen LogP contribution in [0.2, 0.25) is 0 Å². The van der Waals surface area contributed by atoms with Crippen molar-refractivity contribution in [2.45, 2.75) is 45.8 Å². The van der Waals surface area contributed by atoms with Crippen molar-refractivity contribution in [3.63, 3.8) is 0 Å². The van der Waals surface area contributed by atoms with Gasteiger partial charge in [0.15, 0.2) is 0 Å². The topological polar surface area (TPSA) is 95.9 Å². The van der Waals surface area contributed by atoms with Crippen molar-refractivity contribution in [3.05, 3.63) is 16.8 Å². The Balaban J connectivity index is 2.88. The van der Waals surface area contributed by atoms with Crippen LogP contribution in [0.3, 0.4) is 0 Å². The van der Waals surface area contributed by atoms with Gasteiger partial charge in [0, 0.05) is 5.38 Å². The molecule has 3 atom stereocenters. The van der Waals surface area contributed by atoms with Crippen LogP contribution in [-0.2, 0) is 19.1 Å². The number of carbonyl (C=O) groups is 3.